The van der Waals surface area contributed by atoms with Crippen molar-refractivity contribution >= 4 is 0 Å². The lowest BCUT2D eigenvalue weighted by Gasteiger charge is -2.15. The highest BCUT2D eigenvalue weighted by atomic mass is 16.5. The van der Waals surface area contributed by atoms with Crippen LogP contribution in [0.15, 0.2) is 18.2 Å². The Bertz CT molecular complexity index is 349. The minimum absolute atomic E-state index is 0.00299. The average Bonchev–Trinajstić information content (AvgIpc) is 2.33. The fraction of sp³-hybridized carbons (Fsp3) is 0.625. The maximum atomic E-state index is 6.16. The maximum absolute atomic E-state index is 6.16. The highest BCUT2D eigenvalue weighted by Gasteiger charge is 2.08. The van der Waals surface area contributed by atoms with E-state index in [1.54, 1.807) is 0 Å². The molecular weight excluding hydrogens is 222 g/mol. The van der Waals surface area contributed by atoms with Gasteiger partial charge in [-0.15, -0.1) is 0 Å². The van der Waals surface area contributed by atoms with E-state index in [2.05, 4.69) is 39.0 Å². The van der Waals surface area contributed by atoms with Crippen molar-refractivity contribution in [3.63, 3.8) is 0 Å². The number of nitrogens with two attached hydrogens (primary N) is 1. The van der Waals surface area contributed by atoms with Crippen molar-refractivity contribution in [3.05, 3.63) is 34.9 Å². The molecule has 0 spiro atoms. The zero-order valence-corrected chi connectivity index (χ0v) is 12.0. The van der Waals surface area contributed by atoms with E-state index in [0.717, 1.165) is 13.0 Å². The summed E-state index contributed by atoms with van der Waals surface area (Å²) in [4.78, 5) is 0. The van der Waals surface area contributed by atoms with E-state index in [1.807, 2.05) is 0 Å². The van der Waals surface area contributed by atoms with Gasteiger partial charge in [-0.25, -0.2) is 0 Å². The molecule has 0 heterocycles. The molecule has 2 heteroatoms. The fourth-order valence-electron chi connectivity index (χ4n) is 2.17. The molecule has 0 saturated heterocycles. The molecule has 0 bridgehead atoms. The predicted molar refractivity (Wildman–Crippen MR) is 77.8 cm³/mol. The van der Waals surface area contributed by atoms with Gasteiger partial charge < -0.3 is 10.5 Å². The second-order valence-corrected chi connectivity index (χ2v) is 5.10. The van der Waals surface area contributed by atoms with Crippen molar-refractivity contribution < 1.29 is 4.74 Å². The van der Waals surface area contributed by atoms with Crippen LogP contribution in [-0.2, 0) is 4.74 Å². The largest absolute Gasteiger partial charge is 0.379 e. The van der Waals surface area contributed by atoms with Gasteiger partial charge in [0.15, 0.2) is 0 Å². The van der Waals surface area contributed by atoms with Gasteiger partial charge in [0.25, 0.3) is 0 Å². The lowest BCUT2D eigenvalue weighted by molar-refractivity contribution is 0.117. The van der Waals surface area contributed by atoms with Crippen molar-refractivity contribution in [1.29, 1.82) is 0 Å². The molecule has 2 nitrogen and oxygen atoms in total. The quantitative estimate of drug-likeness (QED) is 0.709. The predicted octanol–water partition coefficient (Wildman–Crippen LogP) is 3.90. The molecule has 1 aromatic carbocycles. The number of benzene rings is 1. The topological polar surface area (TPSA) is 35.2 Å². The normalized spacial score (nSPS) is 12.7. The van der Waals surface area contributed by atoms with Gasteiger partial charge >= 0.3 is 0 Å². The molecule has 0 aliphatic heterocycles. The third-order valence-corrected chi connectivity index (χ3v) is 3.26. The van der Waals surface area contributed by atoms with Gasteiger partial charge in [-0.2, -0.15) is 0 Å². The van der Waals surface area contributed by atoms with Crippen LogP contribution in [0.3, 0.4) is 0 Å². The zero-order chi connectivity index (χ0) is 13.4. The van der Waals surface area contributed by atoms with Gasteiger partial charge in [-0.3, -0.25) is 0 Å². The highest BCUT2D eigenvalue weighted by Crippen LogP contribution is 2.17. The molecule has 0 aliphatic carbocycles. The summed E-state index contributed by atoms with van der Waals surface area (Å²) < 4.78 is 5.66. The van der Waals surface area contributed by atoms with Crippen LogP contribution >= 0.6 is 0 Å². The zero-order valence-electron chi connectivity index (χ0n) is 12.0. The molecule has 0 fully saturated rings. The van der Waals surface area contributed by atoms with Crippen LogP contribution in [0.1, 0.15) is 55.3 Å². The number of aryl methyl sites for hydroxylation is 2. The first-order chi connectivity index (χ1) is 8.65. The van der Waals surface area contributed by atoms with E-state index in [0.29, 0.717) is 6.61 Å². The lowest BCUT2D eigenvalue weighted by atomic mass is 10.0. The van der Waals surface area contributed by atoms with Gasteiger partial charge in [0, 0.05) is 6.61 Å². The lowest BCUT2D eigenvalue weighted by Crippen LogP contribution is -2.18. The summed E-state index contributed by atoms with van der Waals surface area (Å²) in [6.45, 7) is 7.89. The van der Waals surface area contributed by atoms with Crippen LogP contribution in [0.2, 0.25) is 0 Å². The second kappa shape index (κ2) is 8.28. The minimum Gasteiger partial charge on any atom is -0.379 e. The van der Waals surface area contributed by atoms with Gasteiger partial charge in [-0.1, -0.05) is 49.9 Å². The molecule has 0 amide bonds. The third kappa shape index (κ3) is 5.19. The molecule has 2 N–H and O–H groups in total. The summed E-state index contributed by atoms with van der Waals surface area (Å²) in [5.74, 6) is 0. The number of unbranched alkanes of at least 4 members (excludes halogenated alkanes) is 3. The van der Waals surface area contributed by atoms with E-state index in [-0.39, 0.29) is 6.04 Å². The van der Waals surface area contributed by atoms with Gasteiger partial charge in [0.2, 0.25) is 0 Å². The molecule has 0 aromatic heterocycles. The summed E-state index contributed by atoms with van der Waals surface area (Å²) in [7, 11) is 0. The van der Waals surface area contributed by atoms with Gasteiger partial charge in [-0.05, 0) is 31.4 Å². The molecule has 0 aliphatic rings. The summed E-state index contributed by atoms with van der Waals surface area (Å²) in [6.07, 6.45) is 4.97. The molecule has 1 aromatic rings. The first kappa shape index (κ1) is 15.2. The first-order valence-corrected chi connectivity index (χ1v) is 7.05. The second-order valence-electron chi connectivity index (χ2n) is 5.10. The summed E-state index contributed by atoms with van der Waals surface area (Å²) in [5, 5.41) is 0. The minimum atomic E-state index is -0.00299. The van der Waals surface area contributed by atoms with E-state index < -0.39 is 0 Å². The van der Waals surface area contributed by atoms with E-state index in [1.165, 1.54) is 36.0 Å². The third-order valence-electron chi connectivity index (χ3n) is 3.26. The van der Waals surface area contributed by atoms with Crippen LogP contribution < -0.4 is 5.73 Å². The molecule has 18 heavy (non-hydrogen) atoms. The Morgan fingerprint density at radius 1 is 1.17 bits per heavy atom. The van der Waals surface area contributed by atoms with Gasteiger partial charge in [0.05, 0.1) is 12.6 Å². The van der Waals surface area contributed by atoms with Crippen LogP contribution in [-0.4, -0.2) is 13.2 Å². The van der Waals surface area contributed by atoms with Crippen molar-refractivity contribution in [2.75, 3.05) is 13.2 Å². The Balaban J connectivity index is 2.29. The first-order valence-electron chi connectivity index (χ1n) is 7.05. The van der Waals surface area contributed by atoms with Gasteiger partial charge in [0.1, 0.15) is 0 Å². The van der Waals surface area contributed by atoms with Crippen molar-refractivity contribution in [2.24, 2.45) is 5.73 Å². The SMILES string of the molecule is CCCCCCOCC(N)c1ccc(C)cc1C. The highest BCUT2D eigenvalue weighted by molar-refractivity contribution is 5.32. The molecule has 0 saturated carbocycles. The van der Waals surface area contributed by atoms with Crippen LogP contribution in [0.5, 0.6) is 0 Å². The van der Waals surface area contributed by atoms with Crippen LogP contribution in [0, 0.1) is 13.8 Å². The van der Waals surface area contributed by atoms with Crippen molar-refractivity contribution in [2.45, 2.75) is 52.5 Å². The Labute approximate surface area is 112 Å². The maximum Gasteiger partial charge on any atom is 0.0659 e. The van der Waals surface area contributed by atoms with Crippen molar-refractivity contribution in [1.82, 2.24) is 0 Å². The Morgan fingerprint density at radius 2 is 1.94 bits per heavy atom. The molecule has 0 radical (unpaired) electrons. The monoisotopic (exact) mass is 249 g/mol. The Morgan fingerprint density at radius 3 is 2.61 bits per heavy atom. The Hall–Kier alpha value is -0.860. The average molecular weight is 249 g/mol. The standard InChI is InChI=1S/C16H27NO/c1-4-5-6-7-10-18-12-16(17)15-9-8-13(2)11-14(15)3/h8-9,11,16H,4-7,10,12,17H2,1-3H3. The van der Waals surface area contributed by atoms with E-state index >= 15 is 0 Å². The number of rotatable bonds is 8. The number of ether oxygens (including phenoxy) is 1. The molecule has 1 atom stereocenters. The molecule has 102 valence electrons. The fourth-order valence-corrected chi connectivity index (χ4v) is 2.17. The summed E-state index contributed by atoms with van der Waals surface area (Å²) >= 11 is 0. The number of hydrogen-bond donors (Lipinski definition) is 1. The van der Waals surface area contributed by atoms with Crippen LogP contribution in [0.25, 0.3) is 0 Å². The molecule has 1 rings (SSSR count). The van der Waals surface area contributed by atoms with E-state index in [9.17, 15) is 0 Å². The van der Waals surface area contributed by atoms with E-state index in [4.69, 9.17) is 10.5 Å². The summed E-state index contributed by atoms with van der Waals surface area (Å²) in [5.41, 5.74) is 9.91. The van der Waals surface area contributed by atoms with Crippen LogP contribution in [0.4, 0.5) is 0 Å². The molecule has 1 unspecified atom stereocenters. The smallest absolute Gasteiger partial charge is 0.0659 e. The molecular formula is C16H27NO. The van der Waals surface area contributed by atoms with Crippen molar-refractivity contribution in [3.8, 4) is 0 Å². The Kier molecular flexibility index (Phi) is 6.99. The number of hydrogen-bond acceptors (Lipinski definition) is 2. The summed E-state index contributed by atoms with van der Waals surface area (Å²) in [6, 6.07) is 6.41.